The van der Waals surface area contributed by atoms with Crippen molar-refractivity contribution in [3.05, 3.63) is 86.1 Å². The van der Waals surface area contributed by atoms with Crippen molar-refractivity contribution in [1.29, 1.82) is 0 Å². The van der Waals surface area contributed by atoms with Crippen LogP contribution in [0.25, 0.3) is 5.78 Å². The molecule has 0 radical (unpaired) electrons. The van der Waals surface area contributed by atoms with Gasteiger partial charge in [-0.1, -0.05) is 12.1 Å². The van der Waals surface area contributed by atoms with E-state index in [0.29, 0.717) is 35.4 Å². The van der Waals surface area contributed by atoms with E-state index in [1.165, 1.54) is 12.1 Å². The number of carboxylic acid groups (broad SMARTS) is 1. The van der Waals surface area contributed by atoms with E-state index in [4.69, 9.17) is 4.74 Å². The number of amides is 3. The maximum absolute atomic E-state index is 13.3. The molecule has 4 aromatic rings. The Bertz CT molecular complexity index is 1840. The van der Waals surface area contributed by atoms with Gasteiger partial charge in [-0.2, -0.15) is 0 Å². The number of aromatic carboxylic acids is 1. The molecular weight excluding hydrogens is 534 g/mol. The Labute approximate surface area is 230 Å². The molecule has 3 heterocycles. The molecule has 14 heteroatoms. The molecule has 0 unspecified atom stereocenters. The Balaban J connectivity index is 1.24. The third-order valence-electron chi connectivity index (χ3n) is 7.21. The van der Waals surface area contributed by atoms with Crippen LogP contribution in [0, 0.1) is 6.92 Å². The van der Waals surface area contributed by atoms with Crippen molar-refractivity contribution in [2.75, 3.05) is 11.9 Å². The highest BCUT2D eigenvalue weighted by atomic mass is 16.5. The van der Waals surface area contributed by atoms with Gasteiger partial charge in [0.25, 0.3) is 23.5 Å². The van der Waals surface area contributed by atoms with Crippen molar-refractivity contribution in [3.8, 4) is 5.75 Å². The Morgan fingerprint density at radius 1 is 1.15 bits per heavy atom. The van der Waals surface area contributed by atoms with Crippen molar-refractivity contribution in [2.24, 2.45) is 0 Å². The summed E-state index contributed by atoms with van der Waals surface area (Å²) in [5.74, 6) is -2.18. The van der Waals surface area contributed by atoms with Crippen LogP contribution in [0.4, 0.5) is 5.69 Å². The highest BCUT2D eigenvalue weighted by Crippen LogP contribution is 2.35. The first-order valence-corrected chi connectivity index (χ1v) is 12.7. The number of carboxylic acids is 1. The molecule has 2 aliphatic rings. The Morgan fingerprint density at radius 2 is 1.98 bits per heavy atom. The normalized spacial score (nSPS) is 15.4. The molecular formula is C27H23N7O7. The van der Waals surface area contributed by atoms with E-state index in [1.807, 2.05) is 0 Å². The van der Waals surface area contributed by atoms with Crippen LogP contribution in [0.15, 0.2) is 41.2 Å². The van der Waals surface area contributed by atoms with Gasteiger partial charge >= 0.3 is 11.7 Å². The van der Waals surface area contributed by atoms with Gasteiger partial charge in [0.05, 0.1) is 17.3 Å². The van der Waals surface area contributed by atoms with Crippen LogP contribution >= 0.6 is 0 Å². The van der Waals surface area contributed by atoms with Gasteiger partial charge in [-0.3, -0.25) is 14.4 Å². The lowest BCUT2D eigenvalue weighted by Gasteiger charge is -2.18. The molecule has 2 aromatic carbocycles. The first-order valence-electron chi connectivity index (χ1n) is 12.7. The number of carbonyl (C=O) groups excluding carboxylic acids is 3. The summed E-state index contributed by atoms with van der Waals surface area (Å²) in [7, 11) is 0. The van der Waals surface area contributed by atoms with Crippen LogP contribution in [0.2, 0.25) is 0 Å². The summed E-state index contributed by atoms with van der Waals surface area (Å²) < 4.78 is 6.31. The van der Waals surface area contributed by atoms with Crippen LogP contribution in [-0.4, -0.2) is 55.0 Å². The highest BCUT2D eigenvalue weighted by Gasteiger charge is 2.29. The summed E-state index contributed by atoms with van der Waals surface area (Å²) in [6.45, 7) is 1.72. The number of carbonyl (C=O) groups is 4. The number of aromatic nitrogens is 4. The first kappa shape index (κ1) is 25.7. The summed E-state index contributed by atoms with van der Waals surface area (Å²) in [5.41, 5.74) is 2.75. The molecule has 0 fully saturated rings. The van der Waals surface area contributed by atoms with E-state index in [0.717, 1.165) is 15.5 Å². The molecule has 0 saturated heterocycles. The second kappa shape index (κ2) is 9.89. The summed E-state index contributed by atoms with van der Waals surface area (Å²) in [6.07, 6.45) is 1.16. The lowest BCUT2D eigenvalue weighted by molar-refractivity contribution is -0.118. The molecule has 0 saturated carbocycles. The number of aromatic amines is 1. The topological polar surface area (TPSA) is 197 Å². The van der Waals surface area contributed by atoms with Crippen LogP contribution in [0.5, 0.6) is 5.75 Å². The van der Waals surface area contributed by atoms with Crippen LogP contribution < -0.4 is 26.4 Å². The quantitative estimate of drug-likeness (QED) is 0.230. The maximum Gasteiger partial charge on any atom is 0.349 e. The third-order valence-corrected chi connectivity index (χ3v) is 7.21. The number of H-pyrrole nitrogens is 1. The fraction of sp³-hybridized carbons (Fsp3) is 0.222. The number of nitrogens with zero attached hydrogens (tertiary/aromatic N) is 3. The SMILES string of the molecule is Cc1c(C(=O)O)ccc2c1CC[C@@H]2NC(=O)c1cc(C(=O)NCc2ccc3c(c2)NC(=O)CO3)n2c(=O)[nH]nc2n1. The fourth-order valence-corrected chi connectivity index (χ4v) is 5.21. The van der Waals surface area contributed by atoms with Gasteiger partial charge in [0.2, 0.25) is 0 Å². The smallest absolute Gasteiger partial charge is 0.349 e. The third kappa shape index (κ3) is 4.64. The molecule has 1 atom stereocenters. The molecule has 0 spiro atoms. The molecule has 6 rings (SSSR count). The van der Waals surface area contributed by atoms with Gasteiger partial charge in [0, 0.05) is 6.54 Å². The van der Waals surface area contributed by atoms with E-state index in [-0.39, 0.29) is 47.8 Å². The zero-order valence-corrected chi connectivity index (χ0v) is 21.6. The number of nitrogens with one attached hydrogen (secondary N) is 4. The zero-order chi connectivity index (χ0) is 28.8. The maximum atomic E-state index is 13.3. The zero-order valence-electron chi connectivity index (χ0n) is 21.6. The largest absolute Gasteiger partial charge is 0.482 e. The van der Waals surface area contributed by atoms with Crippen molar-refractivity contribution in [1.82, 2.24) is 30.2 Å². The molecule has 1 aliphatic carbocycles. The average molecular weight is 558 g/mol. The van der Waals surface area contributed by atoms with E-state index in [2.05, 4.69) is 31.1 Å². The molecule has 14 nitrogen and oxygen atoms in total. The second-order valence-corrected chi connectivity index (χ2v) is 9.72. The number of rotatable bonds is 6. The van der Waals surface area contributed by atoms with Gasteiger partial charge in [-0.25, -0.2) is 24.1 Å². The standard InChI is InChI=1S/C27H23N7O7/c1-12-14-5-6-17(16(14)4-3-15(12)25(38)39)30-23(36)19-9-20(34-26(31-19)32-33-27(34)40)24(37)28-10-13-2-7-21-18(8-13)29-22(35)11-41-21/h2-4,7-9,17H,5-6,10-11H2,1H3,(H,28,37)(H,29,35)(H,30,36)(H,33,40)(H,38,39)/t17-/m0/s1. The van der Waals surface area contributed by atoms with Crippen molar-refractivity contribution >= 4 is 35.2 Å². The molecule has 2 aromatic heterocycles. The number of anilines is 1. The highest BCUT2D eigenvalue weighted by molar-refractivity contribution is 5.98. The Kier molecular flexibility index (Phi) is 6.21. The summed E-state index contributed by atoms with van der Waals surface area (Å²) in [6, 6.07) is 9.11. The van der Waals surface area contributed by atoms with E-state index < -0.39 is 23.5 Å². The fourth-order valence-electron chi connectivity index (χ4n) is 5.21. The molecule has 41 heavy (non-hydrogen) atoms. The lowest BCUT2D eigenvalue weighted by atomic mass is 9.98. The van der Waals surface area contributed by atoms with E-state index in [1.54, 1.807) is 31.2 Å². The number of hydrogen-bond acceptors (Lipinski definition) is 8. The molecule has 208 valence electrons. The van der Waals surface area contributed by atoms with Gasteiger partial charge < -0.3 is 25.8 Å². The second-order valence-electron chi connectivity index (χ2n) is 9.72. The molecule has 5 N–H and O–H groups in total. The predicted octanol–water partition coefficient (Wildman–Crippen LogP) is 1.10. The van der Waals surface area contributed by atoms with Crippen LogP contribution in [0.3, 0.4) is 0 Å². The van der Waals surface area contributed by atoms with Crippen LogP contribution in [-0.2, 0) is 17.8 Å². The van der Waals surface area contributed by atoms with Crippen molar-refractivity contribution < 1.29 is 29.0 Å². The van der Waals surface area contributed by atoms with E-state index in [9.17, 15) is 29.1 Å². The van der Waals surface area contributed by atoms with Crippen molar-refractivity contribution in [2.45, 2.75) is 32.4 Å². The lowest BCUT2D eigenvalue weighted by Crippen LogP contribution is -2.31. The monoisotopic (exact) mass is 557 g/mol. The van der Waals surface area contributed by atoms with Gasteiger partial charge in [-0.05, 0) is 66.3 Å². The summed E-state index contributed by atoms with van der Waals surface area (Å²) >= 11 is 0. The minimum Gasteiger partial charge on any atom is -0.482 e. The molecule has 1 aliphatic heterocycles. The minimum absolute atomic E-state index is 0.0521. The summed E-state index contributed by atoms with van der Waals surface area (Å²) in [5, 5.41) is 23.8. The van der Waals surface area contributed by atoms with E-state index >= 15 is 0 Å². The number of hydrogen-bond donors (Lipinski definition) is 5. The van der Waals surface area contributed by atoms with Gasteiger partial charge in [0.15, 0.2) is 6.61 Å². The average Bonchev–Trinajstić information content (AvgIpc) is 3.54. The van der Waals surface area contributed by atoms with Gasteiger partial charge in [-0.15, -0.1) is 5.10 Å². The number of benzene rings is 2. The molecule has 3 amide bonds. The van der Waals surface area contributed by atoms with Crippen LogP contribution in [0.1, 0.15) is 66.1 Å². The Morgan fingerprint density at radius 3 is 2.78 bits per heavy atom. The number of fused-ring (bicyclic) bond motifs is 3. The summed E-state index contributed by atoms with van der Waals surface area (Å²) in [4.78, 5) is 66.2. The number of ether oxygens (including phenoxy) is 1. The first-order chi connectivity index (χ1) is 19.7. The Hall–Kier alpha value is -5.53. The minimum atomic E-state index is -1.01. The molecule has 0 bridgehead atoms. The van der Waals surface area contributed by atoms with Gasteiger partial charge in [0.1, 0.15) is 17.1 Å². The van der Waals surface area contributed by atoms with Crippen molar-refractivity contribution in [3.63, 3.8) is 0 Å². The predicted molar refractivity (Wildman–Crippen MR) is 142 cm³/mol.